The highest BCUT2D eigenvalue weighted by Gasteiger charge is 2.19. The first-order valence-corrected chi connectivity index (χ1v) is 7.92. The van der Waals surface area contributed by atoms with E-state index in [4.69, 9.17) is 4.74 Å². The molecular weight excluding hydrogens is 246 g/mol. The van der Waals surface area contributed by atoms with Gasteiger partial charge in [0.2, 0.25) is 0 Å². The van der Waals surface area contributed by atoms with Gasteiger partial charge in [-0.05, 0) is 55.0 Å². The summed E-state index contributed by atoms with van der Waals surface area (Å²) in [5.41, 5.74) is 3.15. The Kier molecular flexibility index (Phi) is 5.09. The van der Waals surface area contributed by atoms with Gasteiger partial charge in [0, 0.05) is 12.0 Å². The highest BCUT2D eigenvalue weighted by Crippen LogP contribution is 2.27. The number of aryl methyl sites for hydroxylation is 2. The van der Waals surface area contributed by atoms with Gasteiger partial charge >= 0.3 is 0 Å². The second kappa shape index (κ2) is 6.62. The molecule has 1 aliphatic rings. The van der Waals surface area contributed by atoms with E-state index in [9.17, 15) is 0 Å². The molecule has 0 saturated heterocycles. The molecule has 1 aromatic carbocycles. The van der Waals surface area contributed by atoms with Gasteiger partial charge in [-0.1, -0.05) is 33.8 Å². The first kappa shape index (κ1) is 15.4. The molecule has 2 nitrogen and oxygen atoms in total. The maximum atomic E-state index is 6.01. The topological polar surface area (TPSA) is 21.3 Å². The number of hydrogen-bond acceptors (Lipinski definition) is 2. The van der Waals surface area contributed by atoms with Crippen molar-refractivity contribution < 1.29 is 4.74 Å². The fraction of sp³-hybridized carbons (Fsp3) is 0.667. The quantitative estimate of drug-likeness (QED) is 0.816. The molecule has 112 valence electrons. The lowest BCUT2D eigenvalue weighted by molar-refractivity contribution is 0.175. The van der Waals surface area contributed by atoms with E-state index in [2.05, 4.69) is 51.2 Å². The molecule has 0 aliphatic heterocycles. The Bertz CT molecular complexity index is 437. The van der Waals surface area contributed by atoms with Crippen molar-refractivity contribution >= 4 is 0 Å². The maximum absolute atomic E-state index is 6.01. The molecule has 1 aromatic rings. The summed E-state index contributed by atoms with van der Waals surface area (Å²) < 4.78 is 6.01. The molecule has 0 aromatic heterocycles. The van der Waals surface area contributed by atoms with Crippen LogP contribution in [0.5, 0.6) is 5.75 Å². The molecule has 1 N–H and O–H groups in total. The number of nitrogens with one attached hydrogen (secondary N) is 1. The van der Waals surface area contributed by atoms with Gasteiger partial charge in [-0.15, -0.1) is 0 Å². The van der Waals surface area contributed by atoms with Crippen LogP contribution in [0.2, 0.25) is 0 Å². The van der Waals surface area contributed by atoms with Crippen LogP contribution in [-0.2, 0) is 12.8 Å². The highest BCUT2D eigenvalue weighted by atomic mass is 16.5. The summed E-state index contributed by atoms with van der Waals surface area (Å²) in [5.74, 6) is 1.73. The maximum Gasteiger partial charge on any atom is 0.119 e. The average Bonchev–Trinajstić information content (AvgIpc) is 2.83. The molecule has 0 heterocycles. The fourth-order valence-electron chi connectivity index (χ4n) is 2.67. The zero-order valence-electron chi connectivity index (χ0n) is 13.5. The van der Waals surface area contributed by atoms with E-state index < -0.39 is 0 Å². The van der Waals surface area contributed by atoms with Gasteiger partial charge in [0.15, 0.2) is 0 Å². The number of hydrogen-bond donors (Lipinski definition) is 1. The Balaban J connectivity index is 1.81. The van der Waals surface area contributed by atoms with Crippen molar-refractivity contribution in [1.82, 2.24) is 5.32 Å². The van der Waals surface area contributed by atoms with Crippen LogP contribution in [0.25, 0.3) is 0 Å². The summed E-state index contributed by atoms with van der Waals surface area (Å²) >= 11 is 0. The molecule has 0 unspecified atom stereocenters. The molecule has 0 atom stereocenters. The first-order valence-electron chi connectivity index (χ1n) is 7.92. The van der Waals surface area contributed by atoms with Crippen LogP contribution in [0.4, 0.5) is 0 Å². The lowest BCUT2D eigenvalue weighted by Crippen LogP contribution is -2.35. The Morgan fingerprint density at radius 1 is 1.20 bits per heavy atom. The van der Waals surface area contributed by atoms with Gasteiger partial charge in [0.25, 0.3) is 0 Å². The normalized spacial score (nSPS) is 14.7. The van der Waals surface area contributed by atoms with Gasteiger partial charge in [0.05, 0.1) is 6.61 Å². The van der Waals surface area contributed by atoms with E-state index in [1.807, 2.05) is 0 Å². The smallest absolute Gasteiger partial charge is 0.119 e. The van der Waals surface area contributed by atoms with Crippen molar-refractivity contribution in [3.05, 3.63) is 29.3 Å². The predicted octanol–water partition coefficient (Wildman–Crippen LogP) is 3.83. The summed E-state index contributed by atoms with van der Waals surface area (Å²) in [7, 11) is 0. The van der Waals surface area contributed by atoms with Crippen molar-refractivity contribution in [1.29, 1.82) is 0 Å². The van der Waals surface area contributed by atoms with E-state index in [1.165, 1.54) is 30.4 Å². The summed E-state index contributed by atoms with van der Waals surface area (Å²) in [6.07, 6.45) is 3.75. The second-order valence-corrected chi connectivity index (χ2v) is 7.26. The summed E-state index contributed by atoms with van der Waals surface area (Å²) in [6.45, 7) is 11.8. The zero-order chi connectivity index (χ0) is 14.6. The third kappa shape index (κ3) is 4.52. The van der Waals surface area contributed by atoms with Crippen molar-refractivity contribution in [2.24, 2.45) is 11.3 Å². The van der Waals surface area contributed by atoms with Gasteiger partial charge in [-0.3, -0.25) is 0 Å². The van der Waals surface area contributed by atoms with Gasteiger partial charge in [-0.2, -0.15) is 0 Å². The lowest BCUT2D eigenvalue weighted by Gasteiger charge is -2.26. The minimum Gasteiger partial charge on any atom is -0.493 e. The minimum atomic E-state index is 0.161. The van der Waals surface area contributed by atoms with Crippen LogP contribution < -0.4 is 10.1 Å². The second-order valence-electron chi connectivity index (χ2n) is 7.26. The van der Waals surface area contributed by atoms with Crippen LogP contribution in [0.3, 0.4) is 0 Å². The van der Waals surface area contributed by atoms with E-state index in [0.717, 1.165) is 25.4 Å². The highest BCUT2D eigenvalue weighted by molar-refractivity contribution is 5.38. The third-order valence-electron chi connectivity index (χ3n) is 3.86. The Morgan fingerprint density at radius 3 is 2.70 bits per heavy atom. The number of ether oxygens (including phenoxy) is 1. The molecule has 1 aliphatic carbocycles. The molecule has 2 heteroatoms. The average molecular weight is 275 g/mol. The van der Waals surface area contributed by atoms with Crippen molar-refractivity contribution in [3.63, 3.8) is 0 Å². The van der Waals surface area contributed by atoms with Crippen LogP contribution in [0, 0.1) is 11.3 Å². The standard InChI is InChI=1S/C18H29NO/c1-14(2)11-19-12-18(3,4)13-20-17-9-8-15-6-5-7-16(15)10-17/h8-10,14,19H,5-7,11-13H2,1-4H3. The van der Waals surface area contributed by atoms with Crippen LogP contribution in [0.15, 0.2) is 18.2 Å². The zero-order valence-corrected chi connectivity index (χ0v) is 13.5. The predicted molar refractivity (Wildman–Crippen MR) is 85.5 cm³/mol. The van der Waals surface area contributed by atoms with E-state index in [-0.39, 0.29) is 5.41 Å². The van der Waals surface area contributed by atoms with Crippen molar-refractivity contribution in [2.75, 3.05) is 19.7 Å². The SMILES string of the molecule is CC(C)CNCC(C)(C)COc1ccc2c(c1)CCC2. The van der Waals surface area contributed by atoms with Gasteiger partial charge < -0.3 is 10.1 Å². The molecule has 0 saturated carbocycles. The summed E-state index contributed by atoms with van der Waals surface area (Å²) in [6, 6.07) is 6.60. The van der Waals surface area contributed by atoms with Crippen LogP contribution in [0.1, 0.15) is 45.2 Å². The summed E-state index contributed by atoms with van der Waals surface area (Å²) in [5, 5.41) is 3.52. The van der Waals surface area contributed by atoms with Gasteiger partial charge in [0.1, 0.15) is 5.75 Å². The van der Waals surface area contributed by atoms with Crippen LogP contribution in [-0.4, -0.2) is 19.7 Å². The van der Waals surface area contributed by atoms with Crippen LogP contribution >= 0.6 is 0 Å². The first-order chi connectivity index (χ1) is 9.46. The number of rotatable bonds is 7. The summed E-state index contributed by atoms with van der Waals surface area (Å²) in [4.78, 5) is 0. The molecule has 0 bridgehead atoms. The Morgan fingerprint density at radius 2 is 1.95 bits per heavy atom. The third-order valence-corrected chi connectivity index (χ3v) is 3.86. The van der Waals surface area contributed by atoms with Crippen molar-refractivity contribution in [2.45, 2.75) is 47.0 Å². The van der Waals surface area contributed by atoms with E-state index >= 15 is 0 Å². The van der Waals surface area contributed by atoms with Crippen molar-refractivity contribution in [3.8, 4) is 5.75 Å². The lowest BCUT2D eigenvalue weighted by atomic mass is 9.94. The molecular formula is C18H29NO. The monoisotopic (exact) mass is 275 g/mol. The Hall–Kier alpha value is -1.02. The molecule has 0 amide bonds. The fourth-order valence-corrected chi connectivity index (χ4v) is 2.67. The molecule has 0 spiro atoms. The van der Waals surface area contributed by atoms with E-state index in [0.29, 0.717) is 5.92 Å². The number of benzene rings is 1. The molecule has 0 fully saturated rings. The molecule has 20 heavy (non-hydrogen) atoms. The molecule has 0 radical (unpaired) electrons. The largest absolute Gasteiger partial charge is 0.493 e. The van der Waals surface area contributed by atoms with E-state index in [1.54, 1.807) is 0 Å². The Labute approximate surface area is 123 Å². The van der Waals surface area contributed by atoms with Gasteiger partial charge in [-0.25, -0.2) is 0 Å². The minimum absolute atomic E-state index is 0.161. The molecule has 2 rings (SSSR count). The number of fused-ring (bicyclic) bond motifs is 1.